The Hall–Kier alpha value is -0.990. The van der Waals surface area contributed by atoms with Crippen LogP contribution in [0.2, 0.25) is 0 Å². The van der Waals surface area contributed by atoms with E-state index in [1.165, 1.54) is 16.8 Å². The van der Waals surface area contributed by atoms with Gasteiger partial charge in [0.2, 0.25) is 10.0 Å². The summed E-state index contributed by atoms with van der Waals surface area (Å²) < 4.78 is 50.0. The molecule has 0 saturated carbocycles. The van der Waals surface area contributed by atoms with Crippen LogP contribution in [0.3, 0.4) is 0 Å². The fraction of sp³-hybridized carbons (Fsp3) is 0.556. The molecule has 0 spiro atoms. The number of aromatic nitrogens is 1. The molecular formula is C9H14F2N2O3S. The Labute approximate surface area is 98.3 Å². The number of aliphatic hydroxyl groups is 1. The Morgan fingerprint density at radius 1 is 1.53 bits per heavy atom. The van der Waals surface area contributed by atoms with Crippen LogP contribution in [0.25, 0.3) is 0 Å². The van der Waals surface area contributed by atoms with Crippen LogP contribution in [-0.2, 0) is 23.7 Å². The number of rotatable bonds is 5. The van der Waals surface area contributed by atoms with Crippen LogP contribution < -0.4 is 0 Å². The summed E-state index contributed by atoms with van der Waals surface area (Å²) in [5.41, 5.74) is 0.397. The van der Waals surface area contributed by atoms with Crippen LogP contribution in [0.4, 0.5) is 8.78 Å². The fourth-order valence-electron chi connectivity index (χ4n) is 1.35. The third-order valence-corrected chi connectivity index (χ3v) is 4.14. The van der Waals surface area contributed by atoms with Crippen LogP contribution in [-0.4, -0.2) is 42.4 Å². The van der Waals surface area contributed by atoms with Gasteiger partial charge in [0.25, 0.3) is 6.43 Å². The quantitative estimate of drug-likeness (QED) is 0.841. The number of alkyl halides is 2. The topological polar surface area (TPSA) is 62.5 Å². The molecule has 1 heterocycles. The molecule has 0 radical (unpaired) electrons. The molecule has 0 aliphatic carbocycles. The maximum Gasteiger partial charge on any atom is 0.252 e. The summed E-state index contributed by atoms with van der Waals surface area (Å²) in [7, 11) is -1.27. The van der Waals surface area contributed by atoms with E-state index in [0.29, 0.717) is 10.00 Å². The molecule has 0 aliphatic heterocycles. The summed E-state index contributed by atoms with van der Waals surface area (Å²) in [6, 6.07) is 1.26. The molecule has 1 N–H and O–H groups in total. The van der Waals surface area contributed by atoms with Gasteiger partial charge in [-0.15, -0.1) is 0 Å². The van der Waals surface area contributed by atoms with E-state index < -0.39 is 23.0 Å². The molecule has 0 fully saturated rings. The Bertz CT molecular complexity index is 484. The first-order chi connectivity index (χ1) is 7.78. The van der Waals surface area contributed by atoms with E-state index in [-0.39, 0.29) is 11.5 Å². The van der Waals surface area contributed by atoms with E-state index in [4.69, 9.17) is 5.11 Å². The zero-order valence-electron chi connectivity index (χ0n) is 9.47. The van der Waals surface area contributed by atoms with Gasteiger partial charge in [-0.3, -0.25) is 0 Å². The Kier molecular flexibility index (Phi) is 4.23. The minimum atomic E-state index is -3.92. The molecule has 0 aromatic carbocycles. The standard InChI is InChI=1S/C9H14F2N2O3S/c1-12-4-8(3-7(12)6-14)17(15,16)13(2)5-9(10)11/h3-4,9,14H,5-6H2,1-2H3. The maximum absolute atomic E-state index is 12.1. The Balaban J connectivity index is 3.04. The van der Waals surface area contributed by atoms with Crippen molar-refractivity contribution in [3.05, 3.63) is 18.0 Å². The molecule has 0 amide bonds. The second-order valence-corrected chi connectivity index (χ2v) is 5.66. The lowest BCUT2D eigenvalue weighted by molar-refractivity contribution is 0.126. The van der Waals surface area contributed by atoms with Crippen LogP contribution in [0.15, 0.2) is 17.2 Å². The van der Waals surface area contributed by atoms with Crippen molar-refractivity contribution in [1.82, 2.24) is 8.87 Å². The van der Waals surface area contributed by atoms with Gasteiger partial charge >= 0.3 is 0 Å². The van der Waals surface area contributed by atoms with Crippen LogP contribution >= 0.6 is 0 Å². The molecule has 0 saturated heterocycles. The monoisotopic (exact) mass is 268 g/mol. The van der Waals surface area contributed by atoms with Crippen molar-refractivity contribution in [2.75, 3.05) is 13.6 Å². The minimum Gasteiger partial charge on any atom is -0.390 e. The fourth-order valence-corrected chi connectivity index (χ4v) is 2.59. The van der Waals surface area contributed by atoms with Gasteiger partial charge in [-0.25, -0.2) is 17.2 Å². The lowest BCUT2D eigenvalue weighted by Crippen LogP contribution is -2.31. The van der Waals surface area contributed by atoms with Gasteiger partial charge in [0.1, 0.15) is 4.90 Å². The van der Waals surface area contributed by atoms with E-state index >= 15 is 0 Å². The maximum atomic E-state index is 12.1. The number of halogens is 2. The van der Waals surface area contributed by atoms with Crippen molar-refractivity contribution in [1.29, 1.82) is 0 Å². The molecular weight excluding hydrogens is 254 g/mol. The summed E-state index contributed by atoms with van der Waals surface area (Å²) in [4.78, 5) is -0.104. The molecule has 1 aromatic rings. The average Bonchev–Trinajstić information content (AvgIpc) is 2.59. The lowest BCUT2D eigenvalue weighted by Gasteiger charge is -2.15. The highest BCUT2D eigenvalue weighted by atomic mass is 32.2. The largest absolute Gasteiger partial charge is 0.390 e. The molecule has 5 nitrogen and oxygen atoms in total. The number of aryl methyl sites for hydroxylation is 1. The zero-order chi connectivity index (χ0) is 13.2. The number of aliphatic hydroxyl groups excluding tert-OH is 1. The highest BCUT2D eigenvalue weighted by Crippen LogP contribution is 2.18. The van der Waals surface area contributed by atoms with Crippen LogP contribution in [0, 0.1) is 0 Å². The van der Waals surface area contributed by atoms with Gasteiger partial charge in [0, 0.05) is 26.0 Å². The predicted molar refractivity (Wildman–Crippen MR) is 57.2 cm³/mol. The van der Waals surface area contributed by atoms with Crippen LogP contribution in [0.5, 0.6) is 0 Å². The normalized spacial score (nSPS) is 12.6. The highest BCUT2D eigenvalue weighted by molar-refractivity contribution is 7.89. The van der Waals surface area contributed by atoms with Gasteiger partial charge in [-0.1, -0.05) is 0 Å². The Morgan fingerprint density at radius 2 is 2.12 bits per heavy atom. The molecule has 17 heavy (non-hydrogen) atoms. The summed E-state index contributed by atoms with van der Waals surface area (Å²) in [6.45, 7) is -1.17. The predicted octanol–water partition coefficient (Wildman–Crippen LogP) is 0.403. The number of nitrogens with zero attached hydrogens (tertiary/aromatic N) is 2. The van der Waals surface area contributed by atoms with E-state index in [9.17, 15) is 17.2 Å². The van der Waals surface area contributed by atoms with Gasteiger partial charge < -0.3 is 9.67 Å². The van der Waals surface area contributed by atoms with Crippen molar-refractivity contribution in [2.24, 2.45) is 7.05 Å². The average molecular weight is 268 g/mol. The lowest BCUT2D eigenvalue weighted by atomic mass is 10.5. The first-order valence-electron chi connectivity index (χ1n) is 4.79. The van der Waals surface area contributed by atoms with E-state index in [0.717, 1.165) is 7.05 Å². The van der Waals surface area contributed by atoms with Gasteiger partial charge in [-0.05, 0) is 6.07 Å². The number of hydrogen-bond acceptors (Lipinski definition) is 3. The molecule has 0 bridgehead atoms. The second kappa shape index (κ2) is 5.11. The second-order valence-electron chi connectivity index (χ2n) is 3.61. The smallest absolute Gasteiger partial charge is 0.252 e. The molecule has 0 unspecified atom stereocenters. The molecule has 0 aliphatic rings. The third kappa shape index (κ3) is 3.02. The molecule has 0 atom stereocenters. The van der Waals surface area contributed by atoms with E-state index in [2.05, 4.69) is 0 Å². The van der Waals surface area contributed by atoms with Crippen molar-refractivity contribution in [3.63, 3.8) is 0 Å². The van der Waals surface area contributed by atoms with Crippen molar-refractivity contribution >= 4 is 10.0 Å². The first-order valence-corrected chi connectivity index (χ1v) is 6.23. The first kappa shape index (κ1) is 14.1. The van der Waals surface area contributed by atoms with Gasteiger partial charge in [0.15, 0.2) is 0 Å². The highest BCUT2D eigenvalue weighted by Gasteiger charge is 2.25. The molecule has 8 heteroatoms. The summed E-state index contributed by atoms with van der Waals surface area (Å²) in [6.07, 6.45) is -1.45. The number of sulfonamides is 1. The van der Waals surface area contributed by atoms with Gasteiger partial charge in [-0.2, -0.15) is 4.31 Å². The summed E-state index contributed by atoms with van der Waals surface area (Å²) in [5.74, 6) is 0. The summed E-state index contributed by atoms with van der Waals surface area (Å²) >= 11 is 0. The van der Waals surface area contributed by atoms with Gasteiger partial charge in [0.05, 0.1) is 13.2 Å². The number of hydrogen-bond donors (Lipinski definition) is 1. The van der Waals surface area contributed by atoms with Crippen molar-refractivity contribution in [2.45, 2.75) is 17.9 Å². The van der Waals surface area contributed by atoms with Crippen LogP contribution in [0.1, 0.15) is 5.69 Å². The minimum absolute atomic E-state index is 0.104. The molecule has 1 rings (SSSR count). The van der Waals surface area contributed by atoms with Crippen molar-refractivity contribution in [3.8, 4) is 0 Å². The molecule has 98 valence electrons. The SMILES string of the molecule is CN(CC(F)F)S(=O)(=O)c1cc(CO)n(C)c1. The zero-order valence-corrected chi connectivity index (χ0v) is 10.3. The Morgan fingerprint density at radius 3 is 2.53 bits per heavy atom. The summed E-state index contributed by atoms with van der Waals surface area (Å²) in [5, 5.41) is 8.93. The molecule has 1 aromatic heterocycles. The van der Waals surface area contributed by atoms with Crippen molar-refractivity contribution < 1.29 is 22.3 Å². The van der Waals surface area contributed by atoms with E-state index in [1.807, 2.05) is 0 Å². The third-order valence-electron chi connectivity index (χ3n) is 2.35. The van der Waals surface area contributed by atoms with E-state index in [1.54, 1.807) is 7.05 Å².